The highest BCUT2D eigenvalue weighted by Crippen LogP contribution is 2.34. The number of para-hydroxylation sites is 1. The number of aromatic amines is 1. The summed E-state index contributed by atoms with van der Waals surface area (Å²) in [5, 5.41) is 13.8. The number of amides is 1. The van der Waals surface area contributed by atoms with Crippen molar-refractivity contribution in [3.63, 3.8) is 0 Å². The lowest BCUT2D eigenvalue weighted by atomic mass is 10.0. The molecule has 4 aromatic rings. The Morgan fingerprint density at radius 1 is 1.09 bits per heavy atom. The Balaban J connectivity index is 1.59. The topological polar surface area (TPSA) is 79.7 Å². The van der Waals surface area contributed by atoms with Gasteiger partial charge in [-0.25, -0.2) is 4.68 Å². The minimum Gasteiger partial charge on any atom is -0.358 e. The zero-order valence-electron chi connectivity index (χ0n) is 18.3. The van der Waals surface area contributed by atoms with Gasteiger partial charge in [0.25, 0.3) is 0 Å². The molecule has 0 radical (unpaired) electrons. The predicted octanol–water partition coefficient (Wildman–Crippen LogP) is 4.39. The van der Waals surface area contributed by atoms with Gasteiger partial charge in [-0.05, 0) is 66.9 Å². The molecule has 2 aromatic carbocycles. The Bertz CT molecular complexity index is 1280. The van der Waals surface area contributed by atoms with Gasteiger partial charge in [0, 0.05) is 27.6 Å². The summed E-state index contributed by atoms with van der Waals surface area (Å²) < 4.78 is 2.81. The molecule has 3 heterocycles. The first-order valence-electron chi connectivity index (χ1n) is 10.7. The fourth-order valence-corrected chi connectivity index (χ4v) is 4.80. The van der Waals surface area contributed by atoms with E-state index in [0.717, 1.165) is 27.7 Å². The van der Waals surface area contributed by atoms with Crippen LogP contribution in [0, 0.1) is 0 Å². The first-order chi connectivity index (χ1) is 15.3. The number of carbonyl (C=O) groups excluding carboxylic acids is 1. The molecule has 0 bridgehead atoms. The van der Waals surface area contributed by atoms with Crippen molar-refractivity contribution in [2.45, 2.75) is 45.2 Å². The van der Waals surface area contributed by atoms with Gasteiger partial charge in [0.2, 0.25) is 5.91 Å². The van der Waals surface area contributed by atoms with Crippen LogP contribution in [0.15, 0.2) is 53.0 Å². The number of nitrogens with one attached hydrogen (secondary N) is 1. The molecular formula is C24H25BrN6O. The number of halogens is 1. The smallest absolute Gasteiger partial charge is 0.229 e. The molecule has 0 saturated heterocycles. The van der Waals surface area contributed by atoms with E-state index >= 15 is 0 Å². The number of benzene rings is 2. The number of hydrogen-bond acceptors (Lipinski definition) is 4. The highest BCUT2D eigenvalue weighted by molar-refractivity contribution is 9.10. The number of aromatic nitrogens is 5. The van der Waals surface area contributed by atoms with Crippen LogP contribution in [0.25, 0.3) is 10.9 Å². The van der Waals surface area contributed by atoms with E-state index in [4.69, 9.17) is 0 Å². The standard InChI is InChI=1S/C24H25BrN6O/c1-24(2,3)31-23(27-28-29-31)22(15-8-10-16(25)11-9-15)30-13-12-18-17-6-4-5-7-19(17)26-20(18)14-21(30)32/h4-11,22,26H,12-14H2,1-3H3. The molecule has 2 aromatic heterocycles. The summed E-state index contributed by atoms with van der Waals surface area (Å²) in [4.78, 5) is 19.0. The summed E-state index contributed by atoms with van der Waals surface area (Å²) in [6.07, 6.45) is 1.10. The van der Waals surface area contributed by atoms with Crippen LogP contribution in [0.2, 0.25) is 0 Å². The van der Waals surface area contributed by atoms with E-state index in [1.165, 1.54) is 10.9 Å². The van der Waals surface area contributed by atoms with Gasteiger partial charge in [0.1, 0.15) is 6.04 Å². The molecule has 0 aliphatic carbocycles. The third kappa shape index (κ3) is 3.62. The van der Waals surface area contributed by atoms with Crippen molar-refractivity contribution in [3.8, 4) is 0 Å². The van der Waals surface area contributed by atoms with Crippen LogP contribution < -0.4 is 0 Å². The largest absolute Gasteiger partial charge is 0.358 e. The van der Waals surface area contributed by atoms with Crippen LogP contribution in [-0.2, 0) is 23.2 Å². The Morgan fingerprint density at radius 3 is 2.59 bits per heavy atom. The van der Waals surface area contributed by atoms with Crippen molar-refractivity contribution in [3.05, 3.63) is 75.6 Å². The summed E-state index contributed by atoms with van der Waals surface area (Å²) in [7, 11) is 0. The van der Waals surface area contributed by atoms with Crippen LogP contribution in [0.4, 0.5) is 0 Å². The van der Waals surface area contributed by atoms with Crippen LogP contribution in [0.5, 0.6) is 0 Å². The maximum Gasteiger partial charge on any atom is 0.229 e. The van der Waals surface area contributed by atoms with Gasteiger partial charge < -0.3 is 9.88 Å². The Hall–Kier alpha value is -3.00. The first kappa shape index (κ1) is 20.9. The summed E-state index contributed by atoms with van der Waals surface area (Å²) in [5.41, 5.74) is 3.98. The lowest BCUT2D eigenvalue weighted by Crippen LogP contribution is -2.39. The zero-order chi connectivity index (χ0) is 22.5. The highest BCUT2D eigenvalue weighted by atomic mass is 79.9. The lowest BCUT2D eigenvalue weighted by molar-refractivity contribution is -0.132. The molecule has 1 aliphatic heterocycles. The molecule has 164 valence electrons. The number of H-pyrrole nitrogens is 1. The SMILES string of the molecule is CC(C)(C)n1nnnc1C(c1ccc(Br)cc1)N1CCc2c([nH]c3ccccc23)CC1=O. The molecule has 0 spiro atoms. The summed E-state index contributed by atoms with van der Waals surface area (Å²) in [5.74, 6) is 0.732. The average Bonchev–Trinajstić information content (AvgIpc) is 3.33. The van der Waals surface area contributed by atoms with Crippen molar-refractivity contribution in [1.82, 2.24) is 30.1 Å². The van der Waals surface area contributed by atoms with Gasteiger partial charge in [-0.15, -0.1) is 5.10 Å². The number of fused-ring (bicyclic) bond motifs is 3. The van der Waals surface area contributed by atoms with Gasteiger partial charge in [-0.1, -0.05) is 46.3 Å². The van der Waals surface area contributed by atoms with Crippen molar-refractivity contribution < 1.29 is 4.79 Å². The Labute approximate surface area is 194 Å². The maximum absolute atomic E-state index is 13.6. The van der Waals surface area contributed by atoms with E-state index < -0.39 is 0 Å². The molecule has 1 amide bonds. The molecule has 1 unspecified atom stereocenters. The molecule has 8 heteroatoms. The monoisotopic (exact) mass is 492 g/mol. The van der Waals surface area contributed by atoms with Gasteiger partial charge in [0.05, 0.1) is 12.0 Å². The van der Waals surface area contributed by atoms with E-state index in [2.05, 4.69) is 69.3 Å². The molecule has 1 N–H and O–H groups in total. The summed E-state index contributed by atoms with van der Waals surface area (Å²) in [6, 6.07) is 15.9. The first-order valence-corrected chi connectivity index (χ1v) is 11.5. The third-order valence-corrected chi connectivity index (χ3v) is 6.55. The van der Waals surface area contributed by atoms with Crippen LogP contribution in [0.1, 0.15) is 49.5 Å². The number of rotatable bonds is 3. The van der Waals surface area contributed by atoms with E-state index in [9.17, 15) is 4.79 Å². The minimum atomic E-state index is -0.375. The second kappa shape index (κ2) is 7.85. The number of carbonyl (C=O) groups is 1. The molecule has 32 heavy (non-hydrogen) atoms. The quantitative estimate of drug-likeness (QED) is 0.459. The van der Waals surface area contributed by atoms with Gasteiger partial charge in [-0.2, -0.15) is 0 Å². The second-order valence-electron chi connectivity index (χ2n) is 9.22. The highest BCUT2D eigenvalue weighted by Gasteiger charge is 2.35. The predicted molar refractivity (Wildman–Crippen MR) is 126 cm³/mol. The van der Waals surface area contributed by atoms with E-state index in [0.29, 0.717) is 18.8 Å². The molecule has 1 aliphatic rings. The fraction of sp³-hybridized carbons (Fsp3) is 0.333. The van der Waals surface area contributed by atoms with E-state index in [1.807, 2.05) is 46.0 Å². The molecule has 1 atom stereocenters. The van der Waals surface area contributed by atoms with Crippen molar-refractivity contribution in [2.75, 3.05) is 6.54 Å². The molecule has 7 nitrogen and oxygen atoms in total. The number of hydrogen-bond donors (Lipinski definition) is 1. The van der Waals surface area contributed by atoms with Gasteiger partial charge >= 0.3 is 0 Å². The van der Waals surface area contributed by atoms with Crippen LogP contribution >= 0.6 is 15.9 Å². The maximum atomic E-state index is 13.6. The van der Waals surface area contributed by atoms with Crippen molar-refractivity contribution in [2.24, 2.45) is 0 Å². The second-order valence-corrected chi connectivity index (χ2v) is 10.1. The van der Waals surface area contributed by atoms with Crippen LogP contribution in [0.3, 0.4) is 0 Å². The van der Waals surface area contributed by atoms with E-state index in [1.54, 1.807) is 0 Å². The fourth-order valence-electron chi connectivity index (χ4n) is 4.53. The van der Waals surface area contributed by atoms with Crippen molar-refractivity contribution in [1.29, 1.82) is 0 Å². The van der Waals surface area contributed by atoms with Gasteiger partial charge in [0.15, 0.2) is 5.82 Å². The summed E-state index contributed by atoms with van der Waals surface area (Å²) in [6.45, 7) is 6.78. The van der Waals surface area contributed by atoms with Crippen molar-refractivity contribution >= 4 is 32.7 Å². The van der Waals surface area contributed by atoms with E-state index in [-0.39, 0.29) is 17.5 Å². The normalized spacial score (nSPS) is 15.6. The third-order valence-electron chi connectivity index (χ3n) is 6.02. The number of tetrazole rings is 1. The Morgan fingerprint density at radius 2 is 1.84 bits per heavy atom. The number of nitrogens with zero attached hydrogens (tertiary/aromatic N) is 5. The minimum absolute atomic E-state index is 0.0617. The van der Waals surface area contributed by atoms with Gasteiger partial charge in [-0.3, -0.25) is 4.79 Å². The lowest BCUT2D eigenvalue weighted by Gasteiger charge is -2.32. The molecule has 0 fully saturated rings. The Kier molecular flexibility index (Phi) is 5.12. The summed E-state index contributed by atoms with van der Waals surface area (Å²) >= 11 is 3.52. The van der Waals surface area contributed by atoms with Crippen LogP contribution in [-0.4, -0.2) is 42.5 Å². The molecular weight excluding hydrogens is 468 g/mol. The molecule has 5 rings (SSSR count). The zero-order valence-corrected chi connectivity index (χ0v) is 19.9. The molecule has 0 saturated carbocycles. The average molecular weight is 493 g/mol.